The van der Waals surface area contributed by atoms with Crippen molar-refractivity contribution in [3.8, 4) is 0 Å². The first-order valence-electron chi connectivity index (χ1n) is 6.12. The van der Waals surface area contributed by atoms with E-state index in [0.29, 0.717) is 11.8 Å². The van der Waals surface area contributed by atoms with Gasteiger partial charge in [-0.3, -0.25) is 0 Å². The van der Waals surface area contributed by atoms with Crippen molar-refractivity contribution < 1.29 is 0 Å². The second-order valence-corrected chi connectivity index (χ2v) is 6.57. The molecule has 1 atom stereocenters. The molecule has 0 saturated carbocycles. The molecular weight excluding hydrogens is 258 g/mol. The molecule has 0 bridgehead atoms. The molecular formula is C15H19NS2. The van der Waals surface area contributed by atoms with Gasteiger partial charge in [-0.25, -0.2) is 0 Å². The van der Waals surface area contributed by atoms with Crippen molar-refractivity contribution in [1.29, 1.82) is 0 Å². The Labute approximate surface area is 117 Å². The van der Waals surface area contributed by atoms with Crippen molar-refractivity contribution >= 4 is 23.1 Å². The van der Waals surface area contributed by atoms with E-state index in [0.717, 1.165) is 5.75 Å². The Balaban J connectivity index is 2.05. The van der Waals surface area contributed by atoms with E-state index >= 15 is 0 Å². The van der Waals surface area contributed by atoms with Crippen molar-refractivity contribution in [1.82, 2.24) is 0 Å². The molecule has 1 aromatic heterocycles. The first-order valence-corrected chi connectivity index (χ1v) is 8.05. The topological polar surface area (TPSA) is 26.0 Å². The highest BCUT2D eigenvalue weighted by molar-refractivity contribution is 7.98. The summed E-state index contributed by atoms with van der Waals surface area (Å²) in [5.41, 5.74) is 10.1. The molecule has 96 valence electrons. The summed E-state index contributed by atoms with van der Waals surface area (Å²) in [5.74, 6) is 1.03. The van der Waals surface area contributed by atoms with Gasteiger partial charge in [0, 0.05) is 17.2 Å². The Hall–Kier alpha value is -0.770. The van der Waals surface area contributed by atoms with Crippen LogP contribution in [0.1, 0.15) is 26.8 Å². The van der Waals surface area contributed by atoms with E-state index in [-0.39, 0.29) is 0 Å². The van der Waals surface area contributed by atoms with Crippen molar-refractivity contribution in [3.63, 3.8) is 0 Å². The van der Waals surface area contributed by atoms with Crippen LogP contribution in [0, 0.1) is 13.8 Å². The Kier molecular flexibility index (Phi) is 4.87. The summed E-state index contributed by atoms with van der Waals surface area (Å²) in [4.78, 5) is 1.43. The van der Waals surface area contributed by atoms with Crippen LogP contribution in [0.2, 0.25) is 0 Å². The van der Waals surface area contributed by atoms with Crippen LogP contribution in [0.4, 0.5) is 0 Å². The van der Waals surface area contributed by atoms with Gasteiger partial charge in [0.15, 0.2) is 0 Å². The number of benzene rings is 1. The lowest BCUT2D eigenvalue weighted by atomic mass is 10.1. The molecule has 0 aliphatic rings. The molecule has 0 spiro atoms. The summed E-state index contributed by atoms with van der Waals surface area (Å²) >= 11 is 3.77. The van der Waals surface area contributed by atoms with Crippen LogP contribution in [0.25, 0.3) is 0 Å². The fraction of sp³-hybridized carbons (Fsp3) is 0.333. The van der Waals surface area contributed by atoms with E-state index in [4.69, 9.17) is 5.73 Å². The Bertz CT molecular complexity index is 505. The molecule has 18 heavy (non-hydrogen) atoms. The average Bonchev–Trinajstić information content (AvgIpc) is 2.79. The number of thioether (sulfide) groups is 1. The maximum Gasteiger partial charge on any atom is 0.0519 e. The molecule has 1 nitrogen and oxygen atoms in total. The zero-order valence-corrected chi connectivity index (χ0v) is 12.5. The smallest absolute Gasteiger partial charge is 0.0519 e. The maximum atomic E-state index is 5.92. The number of aryl methyl sites for hydroxylation is 2. The van der Waals surface area contributed by atoms with Crippen LogP contribution in [0.3, 0.4) is 0 Å². The highest BCUT2D eigenvalue weighted by Gasteiger charge is 2.14. The minimum atomic E-state index is 0.421. The van der Waals surface area contributed by atoms with Crippen LogP contribution < -0.4 is 5.73 Å². The average molecular weight is 277 g/mol. The zero-order valence-electron chi connectivity index (χ0n) is 10.8. The van der Waals surface area contributed by atoms with Crippen LogP contribution in [0.15, 0.2) is 35.7 Å². The van der Waals surface area contributed by atoms with E-state index < -0.39 is 0 Å². The Morgan fingerprint density at radius 1 is 1.17 bits per heavy atom. The second kappa shape index (κ2) is 6.41. The molecule has 2 aromatic rings. The summed E-state index contributed by atoms with van der Waals surface area (Å²) in [6.45, 7) is 5.05. The highest BCUT2D eigenvalue weighted by Crippen LogP contribution is 2.36. The first-order chi connectivity index (χ1) is 8.72. The predicted octanol–water partition coefficient (Wildman–Crippen LogP) is 4.30. The molecule has 0 aliphatic carbocycles. The number of nitrogens with two attached hydrogens (primary N) is 1. The number of hydrogen-bond acceptors (Lipinski definition) is 3. The van der Waals surface area contributed by atoms with Gasteiger partial charge in [-0.1, -0.05) is 24.3 Å². The molecule has 2 N–H and O–H groups in total. The van der Waals surface area contributed by atoms with Crippen molar-refractivity contribution in [3.05, 3.63) is 57.3 Å². The van der Waals surface area contributed by atoms with Crippen LogP contribution in [-0.4, -0.2) is 6.54 Å². The molecule has 0 amide bonds. The van der Waals surface area contributed by atoms with Crippen LogP contribution in [-0.2, 0) is 5.75 Å². The molecule has 1 unspecified atom stereocenters. The Morgan fingerprint density at radius 3 is 2.56 bits per heavy atom. The third-order valence-corrected chi connectivity index (χ3v) is 5.70. The minimum Gasteiger partial charge on any atom is -0.329 e. The summed E-state index contributed by atoms with van der Waals surface area (Å²) < 4.78 is 0. The van der Waals surface area contributed by atoms with Gasteiger partial charge in [-0.2, -0.15) is 0 Å². The summed E-state index contributed by atoms with van der Waals surface area (Å²) in [6, 6.07) is 10.8. The van der Waals surface area contributed by atoms with E-state index in [1.165, 1.54) is 21.6 Å². The van der Waals surface area contributed by atoms with Crippen LogP contribution >= 0.6 is 23.1 Å². The predicted molar refractivity (Wildman–Crippen MR) is 83.3 cm³/mol. The lowest BCUT2D eigenvalue weighted by molar-refractivity contribution is 0.951. The normalized spacial score (nSPS) is 12.6. The maximum absolute atomic E-state index is 5.92. The van der Waals surface area contributed by atoms with E-state index in [9.17, 15) is 0 Å². The molecule has 2 rings (SSSR count). The number of rotatable bonds is 5. The summed E-state index contributed by atoms with van der Waals surface area (Å²) in [7, 11) is 0. The zero-order chi connectivity index (χ0) is 13.0. The van der Waals surface area contributed by atoms with Gasteiger partial charge in [0.2, 0.25) is 0 Å². The van der Waals surface area contributed by atoms with Crippen molar-refractivity contribution in [2.24, 2.45) is 5.73 Å². The summed E-state index contributed by atoms with van der Waals surface area (Å²) in [5, 5.41) is 2.58. The van der Waals surface area contributed by atoms with Gasteiger partial charge >= 0.3 is 0 Å². The van der Waals surface area contributed by atoms with Crippen molar-refractivity contribution in [2.45, 2.75) is 24.9 Å². The van der Waals surface area contributed by atoms with Gasteiger partial charge in [-0.15, -0.1) is 23.1 Å². The van der Waals surface area contributed by atoms with Gasteiger partial charge in [-0.05, 0) is 42.0 Å². The third kappa shape index (κ3) is 3.16. The first kappa shape index (κ1) is 13.7. The van der Waals surface area contributed by atoms with Gasteiger partial charge < -0.3 is 5.73 Å². The highest BCUT2D eigenvalue weighted by atomic mass is 32.2. The lowest BCUT2D eigenvalue weighted by Gasteiger charge is -2.15. The molecule has 0 radical (unpaired) electrons. The van der Waals surface area contributed by atoms with Crippen LogP contribution in [0.5, 0.6) is 0 Å². The fourth-order valence-electron chi connectivity index (χ4n) is 1.93. The lowest BCUT2D eigenvalue weighted by Crippen LogP contribution is -2.09. The molecule has 3 heteroatoms. The van der Waals surface area contributed by atoms with E-state index in [1.54, 1.807) is 0 Å². The van der Waals surface area contributed by atoms with Gasteiger partial charge in [0.25, 0.3) is 0 Å². The summed E-state index contributed by atoms with van der Waals surface area (Å²) in [6.07, 6.45) is 0. The Morgan fingerprint density at radius 2 is 1.94 bits per heavy atom. The van der Waals surface area contributed by atoms with Gasteiger partial charge in [0.1, 0.15) is 0 Å². The standard InChI is InChI=1S/C15H19NS2/c1-11-5-3-4-6-13(11)10-18-14(9-16)15-12(2)7-8-17-15/h3-8,14H,9-10,16H2,1-2H3. The number of thiophene rings is 1. The molecule has 0 aliphatic heterocycles. The fourth-order valence-corrected chi connectivity index (χ4v) is 4.40. The van der Waals surface area contributed by atoms with Gasteiger partial charge in [0.05, 0.1) is 5.25 Å². The SMILES string of the molecule is Cc1ccccc1CSC(CN)c1sccc1C. The second-order valence-electron chi connectivity index (χ2n) is 4.43. The number of hydrogen-bond donors (Lipinski definition) is 1. The van der Waals surface area contributed by atoms with E-state index in [2.05, 4.69) is 49.6 Å². The third-order valence-electron chi connectivity index (χ3n) is 3.11. The largest absolute Gasteiger partial charge is 0.329 e. The monoisotopic (exact) mass is 277 g/mol. The van der Waals surface area contributed by atoms with E-state index in [1.807, 2.05) is 23.1 Å². The molecule has 1 heterocycles. The molecule has 1 aromatic carbocycles. The molecule has 0 saturated heterocycles. The molecule has 0 fully saturated rings. The quantitative estimate of drug-likeness (QED) is 0.882. The van der Waals surface area contributed by atoms with Crippen molar-refractivity contribution in [2.75, 3.05) is 6.54 Å². The minimum absolute atomic E-state index is 0.421.